The number of methoxy groups -OCH3 is 3. The summed E-state index contributed by atoms with van der Waals surface area (Å²) in [5, 5.41) is 20.2. The SMILES string of the molecule is COC(=O)C1=C(O)C[C@H]2C(C(=O)OC)=C(O)[C@H](C(=O)OC)[C@@H]12. The number of esters is 3. The van der Waals surface area contributed by atoms with Crippen molar-refractivity contribution in [2.75, 3.05) is 21.3 Å². The predicted molar refractivity (Wildman–Crippen MR) is 70.4 cm³/mol. The zero-order chi connectivity index (χ0) is 16.6. The van der Waals surface area contributed by atoms with Gasteiger partial charge in [-0.25, -0.2) is 9.59 Å². The second kappa shape index (κ2) is 5.70. The van der Waals surface area contributed by atoms with E-state index in [9.17, 15) is 24.6 Å². The van der Waals surface area contributed by atoms with Gasteiger partial charge in [-0.15, -0.1) is 0 Å². The third-order valence-corrected chi connectivity index (χ3v) is 4.06. The van der Waals surface area contributed by atoms with E-state index in [4.69, 9.17) is 0 Å². The lowest BCUT2D eigenvalue weighted by atomic mass is 9.84. The van der Waals surface area contributed by atoms with E-state index in [1.807, 2.05) is 0 Å². The first-order chi connectivity index (χ1) is 10.4. The Morgan fingerprint density at radius 3 is 2.00 bits per heavy atom. The number of ether oxygens (including phenoxy) is 3. The molecule has 0 unspecified atom stereocenters. The van der Waals surface area contributed by atoms with Crippen LogP contribution in [0.1, 0.15) is 6.42 Å². The van der Waals surface area contributed by atoms with Crippen LogP contribution in [0.2, 0.25) is 0 Å². The fourth-order valence-electron chi connectivity index (χ4n) is 3.16. The standard InChI is InChI=1S/C14H16O8/c1-20-12(17)8-5-4-6(15)9(13(18)21-2)7(5)10(11(8)16)14(19)22-3/h5,7,10,15-16H,4H2,1-3H3/t5-,7-,10-/m1/s1. The Hall–Kier alpha value is -2.51. The van der Waals surface area contributed by atoms with Crippen LogP contribution in [0.5, 0.6) is 0 Å². The number of carbonyl (C=O) groups is 3. The summed E-state index contributed by atoms with van der Waals surface area (Å²) in [4.78, 5) is 35.7. The first-order valence-corrected chi connectivity index (χ1v) is 6.48. The molecule has 2 rings (SSSR count). The molecular weight excluding hydrogens is 296 g/mol. The maximum atomic E-state index is 12.0. The van der Waals surface area contributed by atoms with E-state index in [0.29, 0.717) is 0 Å². The predicted octanol–water partition coefficient (Wildman–Crippen LogP) is 0.395. The molecule has 0 aromatic carbocycles. The molecule has 0 fully saturated rings. The first kappa shape index (κ1) is 15.9. The van der Waals surface area contributed by atoms with Crippen LogP contribution >= 0.6 is 0 Å². The summed E-state index contributed by atoms with van der Waals surface area (Å²) in [5.41, 5.74) is -0.262. The average molecular weight is 312 g/mol. The van der Waals surface area contributed by atoms with E-state index in [0.717, 1.165) is 21.3 Å². The number of fused-ring (bicyclic) bond motifs is 1. The maximum absolute atomic E-state index is 12.0. The molecule has 0 saturated carbocycles. The van der Waals surface area contributed by atoms with Crippen molar-refractivity contribution in [3.8, 4) is 0 Å². The second-order valence-corrected chi connectivity index (χ2v) is 4.98. The van der Waals surface area contributed by atoms with Crippen molar-refractivity contribution >= 4 is 17.9 Å². The number of rotatable bonds is 3. The highest BCUT2D eigenvalue weighted by Gasteiger charge is 2.57. The van der Waals surface area contributed by atoms with E-state index < -0.39 is 41.4 Å². The molecule has 2 aliphatic rings. The molecule has 120 valence electrons. The van der Waals surface area contributed by atoms with E-state index in [1.54, 1.807) is 0 Å². The molecule has 8 nitrogen and oxygen atoms in total. The van der Waals surface area contributed by atoms with Gasteiger partial charge in [-0.05, 0) is 0 Å². The van der Waals surface area contributed by atoms with Gasteiger partial charge in [0.05, 0.1) is 32.5 Å². The average Bonchev–Trinajstić information content (AvgIpc) is 2.96. The van der Waals surface area contributed by atoms with E-state index >= 15 is 0 Å². The van der Waals surface area contributed by atoms with Gasteiger partial charge in [0.1, 0.15) is 17.4 Å². The van der Waals surface area contributed by atoms with Crippen LogP contribution in [0, 0.1) is 17.8 Å². The zero-order valence-corrected chi connectivity index (χ0v) is 12.3. The van der Waals surface area contributed by atoms with Crippen LogP contribution in [-0.4, -0.2) is 49.5 Å². The molecule has 0 aromatic heterocycles. The minimum atomic E-state index is -1.26. The van der Waals surface area contributed by atoms with Crippen molar-refractivity contribution in [1.29, 1.82) is 0 Å². The van der Waals surface area contributed by atoms with Crippen LogP contribution in [0.3, 0.4) is 0 Å². The van der Waals surface area contributed by atoms with Gasteiger partial charge in [-0.3, -0.25) is 4.79 Å². The molecule has 0 heterocycles. The monoisotopic (exact) mass is 312 g/mol. The summed E-state index contributed by atoms with van der Waals surface area (Å²) >= 11 is 0. The van der Waals surface area contributed by atoms with Gasteiger partial charge in [0.25, 0.3) is 0 Å². The molecule has 0 amide bonds. The third kappa shape index (κ3) is 2.11. The van der Waals surface area contributed by atoms with Gasteiger partial charge in [-0.1, -0.05) is 0 Å². The van der Waals surface area contributed by atoms with Crippen LogP contribution in [-0.2, 0) is 28.6 Å². The maximum Gasteiger partial charge on any atom is 0.337 e. The smallest absolute Gasteiger partial charge is 0.337 e. The fourth-order valence-corrected chi connectivity index (χ4v) is 3.16. The molecule has 3 atom stereocenters. The largest absolute Gasteiger partial charge is 0.512 e. The number of hydrogen-bond acceptors (Lipinski definition) is 8. The number of aliphatic hydroxyl groups is 2. The fraction of sp³-hybridized carbons (Fsp3) is 0.500. The van der Waals surface area contributed by atoms with Gasteiger partial charge in [-0.2, -0.15) is 0 Å². The van der Waals surface area contributed by atoms with Crippen LogP contribution in [0.4, 0.5) is 0 Å². The van der Waals surface area contributed by atoms with Crippen molar-refractivity contribution in [2.24, 2.45) is 17.8 Å². The molecule has 8 heteroatoms. The summed E-state index contributed by atoms with van der Waals surface area (Å²) in [7, 11) is 3.39. The molecular formula is C14H16O8. The van der Waals surface area contributed by atoms with E-state index in [2.05, 4.69) is 14.2 Å². The highest BCUT2D eigenvalue weighted by Crippen LogP contribution is 2.53. The normalized spacial score (nSPS) is 26.8. The number of aliphatic hydroxyl groups excluding tert-OH is 2. The molecule has 0 aromatic rings. The van der Waals surface area contributed by atoms with Crippen molar-refractivity contribution in [3.05, 3.63) is 22.7 Å². The van der Waals surface area contributed by atoms with Crippen molar-refractivity contribution < 1.29 is 38.8 Å². The Labute approximate surface area is 126 Å². The zero-order valence-electron chi connectivity index (χ0n) is 12.3. The van der Waals surface area contributed by atoms with Crippen molar-refractivity contribution in [2.45, 2.75) is 6.42 Å². The highest BCUT2D eigenvalue weighted by molar-refractivity contribution is 5.97. The lowest BCUT2D eigenvalue weighted by molar-refractivity contribution is -0.146. The highest BCUT2D eigenvalue weighted by atomic mass is 16.5. The van der Waals surface area contributed by atoms with Gasteiger partial charge in [0.15, 0.2) is 0 Å². The molecule has 2 N–H and O–H groups in total. The summed E-state index contributed by atoms with van der Waals surface area (Å²) < 4.78 is 13.8. The summed E-state index contributed by atoms with van der Waals surface area (Å²) in [5.74, 6) is -6.16. The van der Waals surface area contributed by atoms with Crippen LogP contribution < -0.4 is 0 Å². The van der Waals surface area contributed by atoms with Gasteiger partial charge in [0.2, 0.25) is 0 Å². The van der Waals surface area contributed by atoms with Crippen LogP contribution in [0.25, 0.3) is 0 Å². The Morgan fingerprint density at radius 1 is 0.955 bits per heavy atom. The number of allylic oxidation sites excluding steroid dienone is 1. The Kier molecular flexibility index (Phi) is 4.11. The molecule has 2 aliphatic carbocycles. The summed E-state index contributed by atoms with van der Waals surface area (Å²) in [6, 6.07) is 0. The van der Waals surface area contributed by atoms with Crippen LogP contribution in [0.15, 0.2) is 22.7 Å². The topological polar surface area (TPSA) is 119 Å². The minimum absolute atomic E-state index is 0.0723. The first-order valence-electron chi connectivity index (χ1n) is 6.48. The Morgan fingerprint density at radius 2 is 1.50 bits per heavy atom. The van der Waals surface area contributed by atoms with E-state index in [-0.39, 0.29) is 23.3 Å². The number of hydrogen-bond donors (Lipinski definition) is 2. The minimum Gasteiger partial charge on any atom is -0.512 e. The van der Waals surface area contributed by atoms with E-state index in [1.165, 1.54) is 0 Å². The lowest BCUT2D eigenvalue weighted by Crippen LogP contribution is -2.28. The summed E-state index contributed by atoms with van der Waals surface area (Å²) in [6.07, 6.45) is -0.0723. The molecule has 0 radical (unpaired) electrons. The molecule has 0 aliphatic heterocycles. The van der Waals surface area contributed by atoms with Crippen molar-refractivity contribution in [3.63, 3.8) is 0 Å². The molecule has 22 heavy (non-hydrogen) atoms. The molecule has 0 saturated heterocycles. The van der Waals surface area contributed by atoms with Gasteiger partial charge < -0.3 is 24.4 Å². The third-order valence-electron chi connectivity index (χ3n) is 4.06. The molecule has 0 bridgehead atoms. The second-order valence-electron chi connectivity index (χ2n) is 4.98. The van der Waals surface area contributed by atoms with Gasteiger partial charge >= 0.3 is 17.9 Å². The Bertz CT molecular complexity index is 600. The summed E-state index contributed by atoms with van der Waals surface area (Å²) in [6.45, 7) is 0. The Balaban J connectivity index is 2.54. The van der Waals surface area contributed by atoms with Gasteiger partial charge in [0, 0.05) is 18.3 Å². The van der Waals surface area contributed by atoms with Crippen molar-refractivity contribution in [1.82, 2.24) is 0 Å². The quantitative estimate of drug-likeness (QED) is 0.567. The molecule has 0 spiro atoms. The lowest BCUT2D eigenvalue weighted by Gasteiger charge is -2.19. The number of carbonyl (C=O) groups excluding carboxylic acids is 3.